The molecule has 100 valence electrons. The molecule has 1 N–H and O–H groups in total. The Kier molecular flexibility index (Phi) is 3.57. The van der Waals surface area contributed by atoms with Crippen molar-refractivity contribution in [3.8, 4) is 0 Å². The van der Waals surface area contributed by atoms with Gasteiger partial charge >= 0.3 is 0 Å². The van der Waals surface area contributed by atoms with Gasteiger partial charge in [-0.15, -0.1) is 0 Å². The van der Waals surface area contributed by atoms with E-state index in [4.69, 9.17) is 11.6 Å². The van der Waals surface area contributed by atoms with Crippen LogP contribution >= 0.6 is 11.6 Å². The smallest absolute Gasteiger partial charge is 0.0908 e. The van der Waals surface area contributed by atoms with E-state index in [9.17, 15) is 0 Å². The van der Waals surface area contributed by atoms with Gasteiger partial charge in [0.05, 0.1) is 10.5 Å². The molecule has 2 aromatic carbocycles. The van der Waals surface area contributed by atoms with Crippen molar-refractivity contribution in [1.29, 1.82) is 0 Å². The van der Waals surface area contributed by atoms with Crippen LogP contribution in [-0.4, -0.2) is 4.98 Å². The molecule has 0 spiro atoms. The molecule has 3 rings (SSSR count). The summed E-state index contributed by atoms with van der Waals surface area (Å²) in [6, 6.07) is 16.2. The number of hydrogen-bond acceptors (Lipinski definition) is 2. The molecule has 20 heavy (non-hydrogen) atoms. The van der Waals surface area contributed by atoms with Gasteiger partial charge < -0.3 is 5.32 Å². The monoisotopic (exact) mass is 282 g/mol. The summed E-state index contributed by atoms with van der Waals surface area (Å²) in [6.45, 7) is 2.15. The number of para-hydroxylation sites is 2. The highest BCUT2D eigenvalue weighted by atomic mass is 35.5. The van der Waals surface area contributed by atoms with E-state index in [2.05, 4.69) is 35.4 Å². The molecule has 0 radical (unpaired) electrons. The van der Waals surface area contributed by atoms with E-state index in [1.165, 1.54) is 5.56 Å². The van der Waals surface area contributed by atoms with Gasteiger partial charge in [-0.05, 0) is 30.2 Å². The summed E-state index contributed by atoms with van der Waals surface area (Å²) >= 11 is 6.20. The minimum absolute atomic E-state index is 0.676. The molecule has 3 heteroatoms. The Morgan fingerprint density at radius 1 is 1.00 bits per heavy atom. The van der Waals surface area contributed by atoms with Crippen LogP contribution in [0.5, 0.6) is 0 Å². The molecule has 0 fully saturated rings. The summed E-state index contributed by atoms with van der Waals surface area (Å²) < 4.78 is 0. The molecule has 0 aliphatic heterocycles. The quantitative estimate of drug-likeness (QED) is 0.715. The Morgan fingerprint density at radius 3 is 2.70 bits per heavy atom. The zero-order chi connectivity index (χ0) is 13.9. The molecule has 3 aromatic rings. The summed E-state index contributed by atoms with van der Waals surface area (Å²) in [7, 11) is 0. The summed E-state index contributed by atoms with van der Waals surface area (Å²) in [5, 5.41) is 5.20. The van der Waals surface area contributed by atoms with Gasteiger partial charge in [-0.1, -0.05) is 48.9 Å². The number of halogens is 1. The van der Waals surface area contributed by atoms with Crippen LogP contribution in [0.3, 0.4) is 0 Å². The molecule has 0 aliphatic rings. The van der Waals surface area contributed by atoms with Gasteiger partial charge in [0.25, 0.3) is 0 Å². The van der Waals surface area contributed by atoms with E-state index in [-0.39, 0.29) is 0 Å². The second-order valence-corrected chi connectivity index (χ2v) is 5.04. The van der Waals surface area contributed by atoms with Crippen LogP contribution in [0.4, 0.5) is 11.4 Å². The van der Waals surface area contributed by atoms with E-state index in [0.29, 0.717) is 5.02 Å². The fourth-order valence-electron chi connectivity index (χ4n) is 2.34. The van der Waals surface area contributed by atoms with Crippen molar-refractivity contribution in [2.75, 3.05) is 5.32 Å². The van der Waals surface area contributed by atoms with E-state index >= 15 is 0 Å². The van der Waals surface area contributed by atoms with Crippen LogP contribution in [-0.2, 0) is 6.42 Å². The van der Waals surface area contributed by atoms with Crippen molar-refractivity contribution >= 4 is 33.9 Å². The Labute approximate surface area is 123 Å². The average molecular weight is 283 g/mol. The third kappa shape index (κ3) is 2.35. The van der Waals surface area contributed by atoms with Gasteiger partial charge in [0, 0.05) is 23.0 Å². The molecule has 0 aliphatic carbocycles. The van der Waals surface area contributed by atoms with E-state index in [0.717, 1.165) is 28.7 Å². The van der Waals surface area contributed by atoms with Crippen molar-refractivity contribution < 1.29 is 0 Å². The number of hydrogen-bond donors (Lipinski definition) is 1. The van der Waals surface area contributed by atoms with Gasteiger partial charge in [0.2, 0.25) is 0 Å². The fraction of sp³-hybridized carbons (Fsp3) is 0.118. The van der Waals surface area contributed by atoms with Gasteiger partial charge in [-0.25, -0.2) is 0 Å². The van der Waals surface area contributed by atoms with Crippen LogP contribution in [0, 0.1) is 0 Å². The van der Waals surface area contributed by atoms with Crippen LogP contribution < -0.4 is 5.32 Å². The van der Waals surface area contributed by atoms with Crippen molar-refractivity contribution in [2.24, 2.45) is 0 Å². The van der Waals surface area contributed by atoms with E-state index in [1.807, 2.05) is 30.3 Å². The molecule has 0 saturated heterocycles. The summed E-state index contributed by atoms with van der Waals surface area (Å²) in [6.07, 6.45) is 2.78. The van der Waals surface area contributed by atoms with Crippen molar-refractivity contribution in [2.45, 2.75) is 13.3 Å². The first-order valence-corrected chi connectivity index (χ1v) is 7.05. The normalized spacial score (nSPS) is 10.7. The number of pyridine rings is 1. The van der Waals surface area contributed by atoms with Crippen molar-refractivity contribution in [3.05, 3.63) is 65.3 Å². The molecule has 0 unspecified atom stereocenters. The number of aryl methyl sites for hydroxylation is 1. The molecule has 2 nitrogen and oxygen atoms in total. The Balaban J connectivity index is 2.09. The maximum Gasteiger partial charge on any atom is 0.0908 e. The molecular formula is C17H15ClN2. The maximum absolute atomic E-state index is 6.20. The lowest BCUT2D eigenvalue weighted by Crippen LogP contribution is -1.96. The standard InChI is InChI=1S/C17H15ClN2/c1-2-12-6-3-4-9-15(12)20-16-10-11-19-17-13(16)7-5-8-14(17)18/h3-11H,2H2,1H3,(H,19,20). The second kappa shape index (κ2) is 5.51. The largest absolute Gasteiger partial charge is 0.355 e. The topological polar surface area (TPSA) is 24.9 Å². The second-order valence-electron chi connectivity index (χ2n) is 4.63. The first-order chi connectivity index (χ1) is 9.79. The highest BCUT2D eigenvalue weighted by Gasteiger charge is 2.06. The minimum Gasteiger partial charge on any atom is -0.355 e. The highest BCUT2D eigenvalue weighted by Crippen LogP contribution is 2.30. The molecule has 0 amide bonds. The molecule has 1 heterocycles. The van der Waals surface area contributed by atoms with Crippen molar-refractivity contribution in [1.82, 2.24) is 4.98 Å². The number of rotatable bonds is 3. The lowest BCUT2D eigenvalue weighted by molar-refractivity contribution is 1.14. The van der Waals surface area contributed by atoms with Crippen LogP contribution in [0.2, 0.25) is 5.02 Å². The molecule has 0 atom stereocenters. The Bertz CT molecular complexity index is 753. The predicted molar refractivity (Wildman–Crippen MR) is 85.9 cm³/mol. The third-order valence-corrected chi connectivity index (χ3v) is 3.69. The minimum atomic E-state index is 0.676. The van der Waals surface area contributed by atoms with E-state index < -0.39 is 0 Å². The van der Waals surface area contributed by atoms with E-state index in [1.54, 1.807) is 6.20 Å². The summed E-state index contributed by atoms with van der Waals surface area (Å²) in [5.41, 5.74) is 4.27. The molecule has 0 bridgehead atoms. The SMILES string of the molecule is CCc1ccccc1Nc1ccnc2c(Cl)cccc12. The number of aromatic nitrogens is 1. The number of nitrogens with zero attached hydrogens (tertiary/aromatic N) is 1. The van der Waals surface area contributed by atoms with Crippen molar-refractivity contribution in [3.63, 3.8) is 0 Å². The zero-order valence-corrected chi connectivity index (χ0v) is 12.0. The first kappa shape index (κ1) is 12.9. The Hall–Kier alpha value is -2.06. The fourth-order valence-corrected chi connectivity index (χ4v) is 2.57. The number of benzene rings is 2. The first-order valence-electron chi connectivity index (χ1n) is 6.67. The average Bonchev–Trinajstić information content (AvgIpc) is 2.49. The van der Waals surface area contributed by atoms with Crippen LogP contribution in [0.1, 0.15) is 12.5 Å². The summed E-state index contributed by atoms with van der Waals surface area (Å²) in [5.74, 6) is 0. The van der Waals surface area contributed by atoms with Crippen LogP contribution in [0.25, 0.3) is 10.9 Å². The van der Waals surface area contributed by atoms with Gasteiger partial charge in [-0.2, -0.15) is 0 Å². The number of nitrogens with one attached hydrogen (secondary N) is 1. The lowest BCUT2D eigenvalue weighted by atomic mass is 10.1. The van der Waals surface area contributed by atoms with Gasteiger partial charge in [0.15, 0.2) is 0 Å². The Morgan fingerprint density at radius 2 is 1.85 bits per heavy atom. The zero-order valence-electron chi connectivity index (χ0n) is 11.2. The number of anilines is 2. The van der Waals surface area contributed by atoms with Gasteiger partial charge in [0.1, 0.15) is 0 Å². The molecular weight excluding hydrogens is 268 g/mol. The molecule has 0 saturated carbocycles. The summed E-state index contributed by atoms with van der Waals surface area (Å²) in [4.78, 5) is 4.35. The highest BCUT2D eigenvalue weighted by molar-refractivity contribution is 6.35. The lowest BCUT2D eigenvalue weighted by Gasteiger charge is -2.13. The predicted octanol–water partition coefficient (Wildman–Crippen LogP) is 5.19. The van der Waals surface area contributed by atoms with Gasteiger partial charge in [-0.3, -0.25) is 4.98 Å². The van der Waals surface area contributed by atoms with Crippen LogP contribution in [0.15, 0.2) is 54.7 Å². The third-order valence-electron chi connectivity index (χ3n) is 3.39. The maximum atomic E-state index is 6.20. The number of fused-ring (bicyclic) bond motifs is 1. The molecule has 1 aromatic heterocycles.